The Kier molecular flexibility index (Phi) is 7.67. The summed E-state index contributed by atoms with van der Waals surface area (Å²) < 4.78 is 0. The molecule has 2 amide bonds. The zero-order valence-electron chi connectivity index (χ0n) is 15.0. The molecule has 1 aromatic rings. The Balaban J connectivity index is 0.00000243. The summed E-state index contributed by atoms with van der Waals surface area (Å²) in [4.78, 5) is 30.0. The standard InChI is InChI=1S/C18H25N5O2.HI/c1-2-19-18(22-15-7-8-15)21-11-13-3-5-14(6-4-13)17(25)23-10-9-20-16(24)12-23;/h3-6,15H,2,7-12H2,1H3,(H,20,24)(H2,19,21,22);1H. The summed E-state index contributed by atoms with van der Waals surface area (Å²) in [5.41, 5.74) is 1.64. The van der Waals surface area contributed by atoms with Crippen molar-refractivity contribution in [2.24, 2.45) is 4.99 Å². The molecule has 1 aromatic carbocycles. The third-order valence-electron chi connectivity index (χ3n) is 4.21. The molecule has 3 rings (SSSR count). The number of nitrogens with one attached hydrogen (secondary N) is 3. The van der Waals surface area contributed by atoms with E-state index in [4.69, 9.17) is 0 Å². The number of amides is 2. The molecule has 1 heterocycles. The second-order valence-electron chi connectivity index (χ2n) is 6.39. The maximum atomic E-state index is 12.4. The van der Waals surface area contributed by atoms with Gasteiger partial charge in [0.05, 0.1) is 13.1 Å². The second kappa shape index (κ2) is 9.75. The van der Waals surface area contributed by atoms with Gasteiger partial charge in [0.25, 0.3) is 5.91 Å². The van der Waals surface area contributed by atoms with Crippen LogP contribution in [0.1, 0.15) is 35.7 Å². The van der Waals surface area contributed by atoms with Crippen molar-refractivity contribution in [2.75, 3.05) is 26.2 Å². The van der Waals surface area contributed by atoms with Crippen molar-refractivity contribution in [1.29, 1.82) is 0 Å². The minimum Gasteiger partial charge on any atom is -0.357 e. The fourth-order valence-corrected chi connectivity index (χ4v) is 2.66. The largest absolute Gasteiger partial charge is 0.357 e. The molecule has 0 bridgehead atoms. The molecule has 7 nitrogen and oxygen atoms in total. The molecule has 142 valence electrons. The van der Waals surface area contributed by atoms with Gasteiger partial charge in [-0.2, -0.15) is 0 Å². The molecule has 0 atom stereocenters. The molecule has 2 fully saturated rings. The second-order valence-corrected chi connectivity index (χ2v) is 6.39. The van der Waals surface area contributed by atoms with E-state index in [1.807, 2.05) is 19.1 Å². The van der Waals surface area contributed by atoms with Crippen LogP contribution in [0.5, 0.6) is 0 Å². The molecule has 0 aromatic heterocycles. The molecule has 1 saturated carbocycles. The van der Waals surface area contributed by atoms with E-state index in [1.54, 1.807) is 17.0 Å². The minimum absolute atomic E-state index is 0. The van der Waals surface area contributed by atoms with Gasteiger partial charge in [0.1, 0.15) is 0 Å². The first-order chi connectivity index (χ1) is 12.2. The first-order valence-electron chi connectivity index (χ1n) is 8.85. The maximum absolute atomic E-state index is 12.4. The molecule has 1 aliphatic carbocycles. The number of aliphatic imine (C=N–C) groups is 1. The van der Waals surface area contributed by atoms with Crippen molar-refractivity contribution in [3.63, 3.8) is 0 Å². The molecule has 1 saturated heterocycles. The van der Waals surface area contributed by atoms with Gasteiger partial charge in [-0.25, -0.2) is 4.99 Å². The van der Waals surface area contributed by atoms with Gasteiger partial charge < -0.3 is 20.9 Å². The third kappa shape index (κ3) is 5.86. The number of benzene rings is 1. The van der Waals surface area contributed by atoms with E-state index in [2.05, 4.69) is 20.9 Å². The summed E-state index contributed by atoms with van der Waals surface area (Å²) in [6, 6.07) is 8.00. The molecule has 1 aliphatic heterocycles. The fraction of sp³-hybridized carbons (Fsp3) is 0.500. The highest BCUT2D eigenvalue weighted by molar-refractivity contribution is 14.0. The topological polar surface area (TPSA) is 85.8 Å². The van der Waals surface area contributed by atoms with Crippen LogP contribution in [0.3, 0.4) is 0 Å². The Morgan fingerprint density at radius 3 is 2.65 bits per heavy atom. The SMILES string of the molecule is CCNC(=NCc1ccc(C(=O)N2CCNC(=O)C2)cc1)NC1CC1.I. The van der Waals surface area contributed by atoms with E-state index in [0.29, 0.717) is 31.2 Å². The molecule has 8 heteroatoms. The van der Waals surface area contributed by atoms with E-state index >= 15 is 0 Å². The quantitative estimate of drug-likeness (QED) is 0.341. The lowest BCUT2D eigenvalue weighted by Gasteiger charge is -2.26. The summed E-state index contributed by atoms with van der Waals surface area (Å²) in [6.07, 6.45) is 2.41. The molecule has 0 unspecified atom stereocenters. The maximum Gasteiger partial charge on any atom is 0.254 e. The van der Waals surface area contributed by atoms with Crippen LogP contribution < -0.4 is 16.0 Å². The van der Waals surface area contributed by atoms with E-state index in [0.717, 1.165) is 18.1 Å². The average molecular weight is 471 g/mol. The van der Waals surface area contributed by atoms with Crippen LogP contribution in [0.4, 0.5) is 0 Å². The number of guanidine groups is 1. The predicted octanol–water partition coefficient (Wildman–Crippen LogP) is 1.09. The van der Waals surface area contributed by atoms with Crippen molar-refractivity contribution >= 4 is 41.8 Å². The molecular weight excluding hydrogens is 445 g/mol. The Hall–Kier alpha value is -1.84. The minimum atomic E-state index is -0.107. The third-order valence-corrected chi connectivity index (χ3v) is 4.21. The zero-order valence-corrected chi connectivity index (χ0v) is 17.3. The van der Waals surface area contributed by atoms with Gasteiger partial charge in [-0.1, -0.05) is 12.1 Å². The van der Waals surface area contributed by atoms with Crippen molar-refractivity contribution in [1.82, 2.24) is 20.9 Å². The first kappa shape index (κ1) is 20.5. The molecule has 26 heavy (non-hydrogen) atoms. The predicted molar refractivity (Wildman–Crippen MR) is 112 cm³/mol. The number of hydrogen-bond acceptors (Lipinski definition) is 3. The lowest BCUT2D eigenvalue weighted by molar-refractivity contribution is -0.123. The van der Waals surface area contributed by atoms with Gasteiger partial charge >= 0.3 is 0 Å². The van der Waals surface area contributed by atoms with Gasteiger partial charge in [0.15, 0.2) is 5.96 Å². The highest BCUT2D eigenvalue weighted by atomic mass is 127. The van der Waals surface area contributed by atoms with Crippen LogP contribution in [0.15, 0.2) is 29.3 Å². The first-order valence-corrected chi connectivity index (χ1v) is 8.85. The van der Waals surface area contributed by atoms with Gasteiger partial charge in [0.2, 0.25) is 5.91 Å². The van der Waals surface area contributed by atoms with Crippen molar-refractivity contribution in [3.8, 4) is 0 Å². The van der Waals surface area contributed by atoms with E-state index < -0.39 is 0 Å². The van der Waals surface area contributed by atoms with E-state index in [1.165, 1.54) is 12.8 Å². The van der Waals surface area contributed by atoms with Crippen molar-refractivity contribution in [2.45, 2.75) is 32.4 Å². The monoisotopic (exact) mass is 471 g/mol. The van der Waals surface area contributed by atoms with Crippen LogP contribution >= 0.6 is 24.0 Å². The number of halogens is 1. The number of nitrogens with zero attached hydrogens (tertiary/aromatic N) is 2. The molecule has 0 spiro atoms. The summed E-state index contributed by atoms with van der Waals surface area (Å²) in [5.74, 6) is 0.628. The Labute approximate surface area is 171 Å². The average Bonchev–Trinajstić information content (AvgIpc) is 3.44. The number of carbonyl (C=O) groups is 2. The Bertz CT molecular complexity index is 658. The van der Waals surface area contributed by atoms with Crippen LogP contribution in [0, 0.1) is 0 Å². The smallest absolute Gasteiger partial charge is 0.254 e. The molecule has 0 radical (unpaired) electrons. The summed E-state index contributed by atoms with van der Waals surface area (Å²) in [5, 5.41) is 9.34. The van der Waals surface area contributed by atoms with E-state index in [9.17, 15) is 9.59 Å². The summed E-state index contributed by atoms with van der Waals surface area (Å²) >= 11 is 0. The van der Waals surface area contributed by atoms with E-state index in [-0.39, 0.29) is 42.3 Å². The lowest BCUT2D eigenvalue weighted by Crippen LogP contribution is -2.49. The molecular formula is C18H26IN5O2. The summed E-state index contributed by atoms with van der Waals surface area (Å²) in [7, 11) is 0. The number of piperazine rings is 1. The normalized spacial score (nSPS) is 17.2. The number of hydrogen-bond donors (Lipinski definition) is 3. The van der Waals surface area contributed by atoms with Crippen LogP contribution in [0.25, 0.3) is 0 Å². The van der Waals surface area contributed by atoms with Crippen molar-refractivity contribution < 1.29 is 9.59 Å². The van der Waals surface area contributed by atoms with Crippen LogP contribution in [0.2, 0.25) is 0 Å². The highest BCUT2D eigenvalue weighted by Gasteiger charge is 2.23. The molecule has 3 N–H and O–H groups in total. The number of carbonyl (C=O) groups excluding carboxylic acids is 2. The van der Waals surface area contributed by atoms with Gasteiger partial charge in [-0.15, -0.1) is 24.0 Å². The Morgan fingerprint density at radius 2 is 2.04 bits per heavy atom. The molecule has 2 aliphatic rings. The van der Waals surface area contributed by atoms with Crippen LogP contribution in [-0.2, 0) is 11.3 Å². The highest BCUT2D eigenvalue weighted by Crippen LogP contribution is 2.18. The van der Waals surface area contributed by atoms with Gasteiger partial charge in [-0.05, 0) is 37.5 Å². The van der Waals surface area contributed by atoms with Gasteiger partial charge in [0, 0.05) is 31.2 Å². The number of rotatable bonds is 5. The Morgan fingerprint density at radius 1 is 1.31 bits per heavy atom. The van der Waals surface area contributed by atoms with Crippen molar-refractivity contribution in [3.05, 3.63) is 35.4 Å². The van der Waals surface area contributed by atoms with Gasteiger partial charge in [-0.3, -0.25) is 9.59 Å². The van der Waals surface area contributed by atoms with Crippen LogP contribution in [-0.4, -0.2) is 54.9 Å². The zero-order chi connectivity index (χ0) is 17.6. The fourth-order valence-electron chi connectivity index (χ4n) is 2.66. The lowest BCUT2D eigenvalue weighted by atomic mass is 10.1. The summed E-state index contributed by atoms with van der Waals surface area (Å²) in [6.45, 7) is 4.63.